The first kappa shape index (κ1) is 14.3. The van der Waals surface area contributed by atoms with Crippen LogP contribution in [-0.2, 0) is 0 Å². The lowest BCUT2D eigenvalue weighted by atomic mass is 10.2. The van der Waals surface area contributed by atoms with Gasteiger partial charge in [-0.15, -0.1) is 0 Å². The minimum atomic E-state index is -0.187. The van der Waals surface area contributed by atoms with Crippen molar-refractivity contribution in [2.75, 3.05) is 17.4 Å². The minimum absolute atomic E-state index is 0.187. The molecule has 20 heavy (non-hydrogen) atoms. The third kappa shape index (κ3) is 2.89. The lowest BCUT2D eigenvalue weighted by Crippen LogP contribution is -2.26. The number of hydrogen-bond donors (Lipinski definition) is 2. The fourth-order valence-electron chi connectivity index (χ4n) is 1.81. The van der Waals surface area contributed by atoms with Crippen molar-refractivity contribution in [3.63, 3.8) is 0 Å². The summed E-state index contributed by atoms with van der Waals surface area (Å²) in [6.45, 7) is 1.97. The van der Waals surface area contributed by atoms with E-state index in [0.717, 1.165) is 11.3 Å². The molecule has 1 aromatic heterocycles. The van der Waals surface area contributed by atoms with Crippen LogP contribution in [0.25, 0.3) is 0 Å². The second-order valence-electron chi connectivity index (χ2n) is 4.40. The topological polar surface area (TPSA) is 71.2 Å². The maximum atomic E-state index is 12.4. The maximum absolute atomic E-state index is 12.4. The second kappa shape index (κ2) is 5.90. The van der Waals surface area contributed by atoms with E-state index in [9.17, 15) is 4.79 Å². The van der Waals surface area contributed by atoms with E-state index in [0.29, 0.717) is 16.4 Å². The number of amides is 1. The van der Waals surface area contributed by atoms with E-state index in [1.807, 2.05) is 31.2 Å². The summed E-state index contributed by atoms with van der Waals surface area (Å²) < 4.78 is 0. The van der Waals surface area contributed by atoms with E-state index in [1.54, 1.807) is 18.0 Å². The van der Waals surface area contributed by atoms with E-state index < -0.39 is 0 Å². The summed E-state index contributed by atoms with van der Waals surface area (Å²) >= 11 is 5.97. The maximum Gasteiger partial charge on any atom is 0.259 e. The number of rotatable bonds is 3. The molecule has 0 saturated heterocycles. The number of benzene rings is 1. The normalized spacial score (nSPS) is 10.2. The minimum Gasteiger partial charge on any atom is -0.311 e. The van der Waals surface area contributed by atoms with Crippen molar-refractivity contribution in [2.45, 2.75) is 6.92 Å². The molecule has 0 spiro atoms. The smallest absolute Gasteiger partial charge is 0.259 e. The lowest BCUT2D eigenvalue weighted by molar-refractivity contribution is 0.0992. The van der Waals surface area contributed by atoms with Gasteiger partial charge < -0.3 is 10.3 Å². The van der Waals surface area contributed by atoms with Gasteiger partial charge in [-0.3, -0.25) is 4.79 Å². The number of nitrogen functional groups attached to an aromatic ring is 1. The monoisotopic (exact) mass is 290 g/mol. The van der Waals surface area contributed by atoms with Gasteiger partial charge in [-0.2, -0.15) is 0 Å². The van der Waals surface area contributed by atoms with E-state index >= 15 is 0 Å². The van der Waals surface area contributed by atoms with Gasteiger partial charge in [-0.05, 0) is 30.7 Å². The Morgan fingerprint density at radius 2 is 2.15 bits per heavy atom. The molecule has 0 aliphatic rings. The molecule has 2 rings (SSSR count). The van der Waals surface area contributed by atoms with Crippen molar-refractivity contribution in [1.29, 1.82) is 0 Å². The Bertz CT molecular complexity index is 645. The predicted molar refractivity (Wildman–Crippen MR) is 81.0 cm³/mol. The third-order valence-corrected chi connectivity index (χ3v) is 3.21. The van der Waals surface area contributed by atoms with Crippen molar-refractivity contribution in [3.05, 3.63) is 52.7 Å². The van der Waals surface area contributed by atoms with Crippen molar-refractivity contribution < 1.29 is 4.79 Å². The Kier molecular flexibility index (Phi) is 4.22. The Labute approximate surface area is 122 Å². The Morgan fingerprint density at radius 3 is 2.75 bits per heavy atom. The standard InChI is InChI=1S/C14H15ClN4O/c1-9-4-3-5-11(6-9)19(2)14(20)10-7-12(15)13(18-16)17-8-10/h3-8H,16H2,1-2H3,(H,17,18). The van der Waals surface area contributed by atoms with Gasteiger partial charge in [0.1, 0.15) is 0 Å². The van der Waals surface area contributed by atoms with Gasteiger partial charge in [0.05, 0.1) is 10.6 Å². The second-order valence-corrected chi connectivity index (χ2v) is 4.81. The first-order valence-corrected chi connectivity index (χ1v) is 6.37. The number of hydrogen-bond acceptors (Lipinski definition) is 4. The Morgan fingerprint density at radius 1 is 1.40 bits per heavy atom. The number of aromatic nitrogens is 1. The molecule has 0 atom stereocenters. The molecule has 0 aliphatic heterocycles. The zero-order chi connectivity index (χ0) is 14.7. The molecular formula is C14H15ClN4O. The fraction of sp³-hybridized carbons (Fsp3) is 0.143. The highest BCUT2D eigenvalue weighted by atomic mass is 35.5. The molecule has 1 heterocycles. The molecule has 104 valence electrons. The van der Waals surface area contributed by atoms with Gasteiger partial charge in [0.25, 0.3) is 5.91 Å². The fourth-order valence-corrected chi connectivity index (χ4v) is 2.03. The van der Waals surface area contributed by atoms with E-state index in [-0.39, 0.29) is 5.91 Å². The van der Waals surface area contributed by atoms with Crippen LogP contribution in [-0.4, -0.2) is 17.9 Å². The van der Waals surface area contributed by atoms with Gasteiger partial charge in [-0.25, -0.2) is 10.8 Å². The van der Waals surface area contributed by atoms with E-state index in [2.05, 4.69) is 10.4 Å². The van der Waals surface area contributed by atoms with Crippen LogP contribution in [0.3, 0.4) is 0 Å². The number of aryl methyl sites for hydroxylation is 1. The first-order valence-electron chi connectivity index (χ1n) is 6.00. The SMILES string of the molecule is Cc1cccc(N(C)C(=O)c2cnc(NN)c(Cl)c2)c1. The molecule has 2 aromatic rings. The number of nitrogens with two attached hydrogens (primary N) is 1. The van der Waals surface area contributed by atoms with Crippen LogP contribution < -0.4 is 16.2 Å². The zero-order valence-corrected chi connectivity index (χ0v) is 12.0. The Hall–Kier alpha value is -2.11. The van der Waals surface area contributed by atoms with Crippen molar-refractivity contribution in [3.8, 4) is 0 Å². The van der Waals surface area contributed by atoms with Gasteiger partial charge >= 0.3 is 0 Å². The lowest BCUT2D eigenvalue weighted by Gasteiger charge is -2.18. The molecule has 1 amide bonds. The quantitative estimate of drug-likeness (QED) is 0.673. The third-order valence-electron chi connectivity index (χ3n) is 2.92. The van der Waals surface area contributed by atoms with Crippen LogP contribution in [0.4, 0.5) is 11.5 Å². The molecule has 5 nitrogen and oxygen atoms in total. The average molecular weight is 291 g/mol. The molecule has 1 aromatic carbocycles. The number of carbonyl (C=O) groups excluding carboxylic acids is 1. The van der Waals surface area contributed by atoms with Crippen LogP contribution in [0.15, 0.2) is 36.5 Å². The Balaban J connectivity index is 2.29. The van der Waals surface area contributed by atoms with Crippen LogP contribution >= 0.6 is 11.6 Å². The number of halogens is 1. The van der Waals surface area contributed by atoms with Crippen molar-refractivity contribution in [1.82, 2.24) is 4.98 Å². The summed E-state index contributed by atoms with van der Waals surface area (Å²) in [6, 6.07) is 9.22. The van der Waals surface area contributed by atoms with Gasteiger partial charge in [0.15, 0.2) is 5.82 Å². The summed E-state index contributed by atoms with van der Waals surface area (Å²) in [6.07, 6.45) is 1.44. The molecule has 0 aliphatic carbocycles. The predicted octanol–water partition coefficient (Wildman–Crippen LogP) is 2.61. The summed E-state index contributed by atoms with van der Waals surface area (Å²) in [5, 5.41) is 0.302. The number of hydrazine groups is 1. The highest BCUT2D eigenvalue weighted by molar-refractivity contribution is 6.33. The zero-order valence-electron chi connectivity index (χ0n) is 11.2. The molecular weight excluding hydrogens is 276 g/mol. The van der Waals surface area contributed by atoms with Crippen molar-refractivity contribution in [2.24, 2.45) is 5.84 Å². The summed E-state index contributed by atoms with van der Waals surface area (Å²) in [5.74, 6) is 5.40. The highest BCUT2D eigenvalue weighted by Gasteiger charge is 2.15. The van der Waals surface area contributed by atoms with Crippen molar-refractivity contribution >= 4 is 29.0 Å². The molecule has 0 saturated carbocycles. The van der Waals surface area contributed by atoms with Crippen LogP contribution in [0.2, 0.25) is 5.02 Å². The van der Waals surface area contributed by atoms with Crippen LogP contribution in [0.5, 0.6) is 0 Å². The molecule has 3 N–H and O–H groups in total. The molecule has 0 fully saturated rings. The molecule has 0 unspecified atom stereocenters. The molecule has 0 bridgehead atoms. The summed E-state index contributed by atoms with van der Waals surface area (Å²) in [4.78, 5) is 17.9. The average Bonchev–Trinajstić information content (AvgIpc) is 2.45. The van der Waals surface area contributed by atoms with E-state index in [4.69, 9.17) is 17.4 Å². The highest BCUT2D eigenvalue weighted by Crippen LogP contribution is 2.22. The number of pyridine rings is 1. The largest absolute Gasteiger partial charge is 0.311 e. The van der Waals surface area contributed by atoms with E-state index in [1.165, 1.54) is 6.20 Å². The number of nitrogens with one attached hydrogen (secondary N) is 1. The van der Waals surface area contributed by atoms with Gasteiger partial charge in [0, 0.05) is 18.9 Å². The van der Waals surface area contributed by atoms with Crippen LogP contribution in [0.1, 0.15) is 15.9 Å². The van der Waals surface area contributed by atoms with Crippen LogP contribution in [0, 0.1) is 6.92 Å². The summed E-state index contributed by atoms with van der Waals surface area (Å²) in [7, 11) is 1.71. The van der Waals surface area contributed by atoms with Gasteiger partial charge in [0.2, 0.25) is 0 Å². The van der Waals surface area contributed by atoms with Gasteiger partial charge in [-0.1, -0.05) is 23.7 Å². The molecule has 6 heteroatoms. The molecule has 0 radical (unpaired) electrons. The first-order chi connectivity index (χ1) is 9.52. The summed E-state index contributed by atoms with van der Waals surface area (Å²) in [5.41, 5.74) is 4.66. The number of nitrogens with zero attached hydrogens (tertiary/aromatic N) is 2. The number of carbonyl (C=O) groups is 1. The number of anilines is 2.